The van der Waals surface area contributed by atoms with Gasteiger partial charge >= 0.3 is 0 Å². The SMILES string of the molecule is CC[CH](Br)[Al]([CH2]C)[CH2]C. The summed E-state index contributed by atoms with van der Waals surface area (Å²) in [6.07, 6.45) is 1.32. The van der Waals surface area contributed by atoms with Gasteiger partial charge in [-0.3, -0.25) is 0 Å². The first-order valence-electron chi connectivity index (χ1n) is 3.90. The van der Waals surface area contributed by atoms with Crippen LogP contribution in [-0.4, -0.2) is 17.8 Å². The summed E-state index contributed by atoms with van der Waals surface area (Å²) in [5, 5.41) is 2.89. The first kappa shape index (κ1) is 10.0. The monoisotopic (exact) mass is 206 g/mol. The zero-order valence-electron chi connectivity index (χ0n) is 6.65. The van der Waals surface area contributed by atoms with Gasteiger partial charge in [-0.05, 0) is 3.69 Å². The van der Waals surface area contributed by atoms with Gasteiger partial charge in [-0.15, -0.1) is 15.9 Å². The standard InChI is InChI=1S/C3H6Br.2C2H5.Al/c1-2-3-4;2*1-2;/h3H,2H2,1H3;2*1H2,2H3;. The van der Waals surface area contributed by atoms with Crippen LogP contribution in [0.2, 0.25) is 10.6 Å². The maximum Gasteiger partial charge on any atom is 0.280 e. The minimum atomic E-state index is -0.370. The van der Waals surface area contributed by atoms with E-state index >= 15 is 0 Å². The van der Waals surface area contributed by atoms with E-state index in [1.165, 1.54) is 17.0 Å². The van der Waals surface area contributed by atoms with Crippen LogP contribution in [0.4, 0.5) is 0 Å². The van der Waals surface area contributed by atoms with Crippen molar-refractivity contribution in [2.75, 3.05) is 0 Å². The lowest BCUT2D eigenvalue weighted by molar-refractivity contribution is 1.02. The van der Waals surface area contributed by atoms with E-state index in [0.717, 1.165) is 3.69 Å². The molecule has 0 aromatic heterocycles. The molecule has 0 amide bonds. The largest absolute Gasteiger partial charge is 0.280 e. The second-order valence-corrected chi connectivity index (χ2v) is 8.61. The van der Waals surface area contributed by atoms with Crippen molar-refractivity contribution in [3.8, 4) is 0 Å². The Morgan fingerprint density at radius 2 is 1.67 bits per heavy atom. The molecule has 0 radical (unpaired) electrons. The maximum absolute atomic E-state index is 3.73. The first-order chi connectivity index (χ1) is 4.26. The molecule has 0 aromatic rings. The molecule has 0 fully saturated rings. The molecule has 2 heteroatoms. The average molecular weight is 207 g/mol. The van der Waals surface area contributed by atoms with E-state index in [1.807, 2.05) is 0 Å². The Bertz CT molecular complexity index is 61.9. The van der Waals surface area contributed by atoms with E-state index in [-0.39, 0.29) is 14.1 Å². The first-order valence-corrected chi connectivity index (χ1v) is 7.11. The second kappa shape index (κ2) is 5.77. The highest BCUT2D eigenvalue weighted by molar-refractivity contribution is 9.10. The zero-order valence-corrected chi connectivity index (χ0v) is 9.39. The molecule has 0 N–H and O–H groups in total. The van der Waals surface area contributed by atoms with Crippen molar-refractivity contribution in [2.45, 2.75) is 41.4 Å². The molecule has 0 rings (SSSR count). The predicted octanol–water partition coefficient (Wildman–Crippen LogP) is 3.23. The van der Waals surface area contributed by atoms with Crippen LogP contribution in [0.5, 0.6) is 0 Å². The topological polar surface area (TPSA) is 0 Å². The molecule has 0 bridgehead atoms. The summed E-state index contributed by atoms with van der Waals surface area (Å²) in [7, 11) is 0. The van der Waals surface area contributed by atoms with Gasteiger partial charge in [0.1, 0.15) is 0 Å². The van der Waals surface area contributed by atoms with E-state index in [0.29, 0.717) is 0 Å². The Morgan fingerprint density at radius 1 is 1.22 bits per heavy atom. The van der Waals surface area contributed by atoms with E-state index in [4.69, 9.17) is 0 Å². The molecule has 1 unspecified atom stereocenters. The van der Waals surface area contributed by atoms with Crippen molar-refractivity contribution in [3.63, 3.8) is 0 Å². The average Bonchev–Trinajstić information content (AvgIpc) is 1.90. The van der Waals surface area contributed by atoms with Crippen molar-refractivity contribution in [3.05, 3.63) is 0 Å². The van der Waals surface area contributed by atoms with Crippen LogP contribution in [0.3, 0.4) is 0 Å². The number of halogens is 1. The number of rotatable bonds is 4. The maximum atomic E-state index is 3.73. The molecule has 0 aromatic carbocycles. The van der Waals surface area contributed by atoms with Crippen LogP contribution in [0, 0.1) is 0 Å². The molecule has 0 heterocycles. The van der Waals surface area contributed by atoms with Crippen LogP contribution >= 0.6 is 15.9 Å². The Morgan fingerprint density at radius 3 is 1.78 bits per heavy atom. The molecule has 0 nitrogen and oxygen atoms in total. The lowest BCUT2D eigenvalue weighted by atomic mass is 10.6. The van der Waals surface area contributed by atoms with Gasteiger partial charge in [0.05, 0.1) is 0 Å². The highest BCUT2D eigenvalue weighted by Gasteiger charge is 2.19. The number of hydrogen-bond acceptors (Lipinski definition) is 0. The fourth-order valence-corrected chi connectivity index (χ4v) is 5.64. The smallest absolute Gasteiger partial charge is 0.105 e. The van der Waals surface area contributed by atoms with Gasteiger partial charge in [-0.2, -0.15) is 0 Å². The summed E-state index contributed by atoms with van der Waals surface area (Å²) in [6, 6.07) is 0. The fourth-order valence-electron chi connectivity index (χ4n) is 1.13. The van der Waals surface area contributed by atoms with Gasteiger partial charge in [0.15, 0.2) is 0 Å². The van der Waals surface area contributed by atoms with E-state index in [2.05, 4.69) is 36.7 Å². The van der Waals surface area contributed by atoms with Gasteiger partial charge in [-0.1, -0.05) is 37.8 Å². The quantitative estimate of drug-likeness (QED) is 0.490. The highest BCUT2D eigenvalue weighted by Crippen LogP contribution is 2.14. The lowest BCUT2D eigenvalue weighted by Crippen LogP contribution is -2.22. The Kier molecular flexibility index (Phi) is 6.42. The molecule has 0 spiro atoms. The third kappa shape index (κ3) is 3.65. The third-order valence-electron chi connectivity index (χ3n) is 1.95. The van der Waals surface area contributed by atoms with Crippen molar-refractivity contribution >= 4 is 30.1 Å². The summed E-state index contributed by atoms with van der Waals surface area (Å²) in [5.41, 5.74) is 0. The molecule has 0 aliphatic rings. The molecule has 0 saturated heterocycles. The van der Waals surface area contributed by atoms with Crippen LogP contribution < -0.4 is 0 Å². The molecule has 1 atom stereocenters. The number of alkyl halides is 1. The molecular formula is C7H16AlBr. The second-order valence-electron chi connectivity index (χ2n) is 2.50. The van der Waals surface area contributed by atoms with Crippen LogP contribution in [0.1, 0.15) is 27.2 Å². The van der Waals surface area contributed by atoms with Gasteiger partial charge in [0.25, 0.3) is 14.1 Å². The summed E-state index contributed by atoms with van der Waals surface area (Å²) in [6.45, 7) is 6.92. The molecule has 0 aliphatic heterocycles. The van der Waals surface area contributed by atoms with Crippen molar-refractivity contribution < 1.29 is 0 Å². The van der Waals surface area contributed by atoms with Crippen LogP contribution in [-0.2, 0) is 0 Å². The van der Waals surface area contributed by atoms with Crippen molar-refractivity contribution in [1.82, 2.24) is 0 Å². The van der Waals surface area contributed by atoms with Crippen LogP contribution in [0.15, 0.2) is 0 Å². The normalized spacial score (nSPS) is 13.3. The van der Waals surface area contributed by atoms with Gasteiger partial charge in [0.2, 0.25) is 0 Å². The van der Waals surface area contributed by atoms with E-state index in [9.17, 15) is 0 Å². The Balaban J connectivity index is 3.50. The minimum absolute atomic E-state index is 0.370. The molecule has 54 valence electrons. The van der Waals surface area contributed by atoms with Crippen LogP contribution in [0.25, 0.3) is 0 Å². The summed E-state index contributed by atoms with van der Waals surface area (Å²) in [5.74, 6) is 0. The zero-order chi connectivity index (χ0) is 7.28. The van der Waals surface area contributed by atoms with E-state index in [1.54, 1.807) is 0 Å². The molecule has 0 saturated carbocycles. The van der Waals surface area contributed by atoms with Gasteiger partial charge in [-0.25, -0.2) is 0 Å². The summed E-state index contributed by atoms with van der Waals surface area (Å²) < 4.78 is 0.882. The van der Waals surface area contributed by atoms with Gasteiger partial charge in [0, 0.05) is 0 Å². The van der Waals surface area contributed by atoms with Crippen molar-refractivity contribution in [2.24, 2.45) is 0 Å². The minimum Gasteiger partial charge on any atom is -0.105 e. The fraction of sp³-hybridized carbons (Fsp3) is 1.00. The molecular weight excluding hydrogens is 191 g/mol. The summed E-state index contributed by atoms with van der Waals surface area (Å²) in [4.78, 5) is 0. The molecule has 0 aliphatic carbocycles. The summed E-state index contributed by atoms with van der Waals surface area (Å²) >= 11 is 3.36. The van der Waals surface area contributed by atoms with Crippen molar-refractivity contribution in [1.29, 1.82) is 0 Å². The molecule has 9 heavy (non-hydrogen) atoms. The lowest BCUT2D eigenvalue weighted by Gasteiger charge is -2.11. The third-order valence-corrected chi connectivity index (χ3v) is 8.43. The van der Waals surface area contributed by atoms with E-state index < -0.39 is 0 Å². The predicted molar refractivity (Wildman–Crippen MR) is 49.7 cm³/mol. The van der Waals surface area contributed by atoms with Gasteiger partial charge < -0.3 is 0 Å². The number of hydrogen-bond donors (Lipinski definition) is 0. The Labute approximate surface area is 71.5 Å². The Hall–Kier alpha value is 1.01. The highest BCUT2D eigenvalue weighted by atomic mass is 79.9.